The Labute approximate surface area is 133 Å². The molecule has 0 saturated carbocycles. The highest BCUT2D eigenvalue weighted by atomic mass is 32.2. The highest BCUT2D eigenvalue weighted by molar-refractivity contribution is 7.92. The number of primary sulfonamides is 2. The van der Waals surface area contributed by atoms with Crippen molar-refractivity contribution in [3.63, 3.8) is 0 Å². The van der Waals surface area contributed by atoms with E-state index in [1.807, 2.05) is 0 Å². The topological polar surface area (TPSA) is 154 Å². The standard InChI is InChI=1S/C12H12N2O6S3/c13-22(17,18)11-5-1-3-9(7-11)21(15,16)10-4-2-6-12(8-10)23(14,19)20/h1-8H,(H2,13,17,18)(H2,14,19,20). The molecule has 0 aliphatic heterocycles. The first-order valence-corrected chi connectivity index (χ1v) is 10.5. The van der Waals surface area contributed by atoms with Gasteiger partial charge in [0, 0.05) is 0 Å². The van der Waals surface area contributed by atoms with E-state index in [0.717, 1.165) is 24.3 Å². The molecule has 0 saturated heterocycles. The van der Waals surface area contributed by atoms with Crippen LogP contribution in [0.3, 0.4) is 0 Å². The van der Waals surface area contributed by atoms with Gasteiger partial charge >= 0.3 is 0 Å². The zero-order valence-corrected chi connectivity index (χ0v) is 13.9. The normalized spacial score (nSPS) is 13.0. The van der Waals surface area contributed by atoms with Gasteiger partial charge in [-0.15, -0.1) is 0 Å². The fraction of sp³-hybridized carbons (Fsp3) is 0. The quantitative estimate of drug-likeness (QED) is 0.754. The van der Waals surface area contributed by atoms with Crippen LogP contribution in [0.5, 0.6) is 0 Å². The maximum absolute atomic E-state index is 12.5. The predicted octanol–water partition coefficient (Wildman–Crippen LogP) is -0.186. The van der Waals surface area contributed by atoms with E-state index in [-0.39, 0.29) is 19.6 Å². The summed E-state index contributed by atoms with van der Waals surface area (Å²) in [6, 6.07) is 8.88. The number of rotatable bonds is 4. The smallest absolute Gasteiger partial charge is 0.225 e. The summed E-state index contributed by atoms with van der Waals surface area (Å²) in [5, 5.41) is 9.94. The maximum atomic E-state index is 12.5. The lowest BCUT2D eigenvalue weighted by atomic mass is 10.4. The van der Waals surface area contributed by atoms with E-state index in [0.29, 0.717) is 0 Å². The van der Waals surface area contributed by atoms with Gasteiger partial charge in [0.1, 0.15) is 0 Å². The lowest BCUT2D eigenvalue weighted by Gasteiger charge is -2.07. The van der Waals surface area contributed by atoms with Crippen LogP contribution in [-0.4, -0.2) is 25.3 Å². The van der Waals surface area contributed by atoms with Gasteiger partial charge in [-0.25, -0.2) is 35.5 Å². The van der Waals surface area contributed by atoms with Crippen molar-refractivity contribution in [2.45, 2.75) is 19.6 Å². The summed E-state index contributed by atoms with van der Waals surface area (Å²) in [6.07, 6.45) is 0. The summed E-state index contributed by atoms with van der Waals surface area (Å²) >= 11 is 0. The van der Waals surface area contributed by atoms with Crippen LogP contribution in [-0.2, 0) is 29.9 Å². The first kappa shape index (κ1) is 17.6. The van der Waals surface area contributed by atoms with Crippen molar-refractivity contribution < 1.29 is 25.3 Å². The average Bonchev–Trinajstić information content (AvgIpc) is 2.46. The van der Waals surface area contributed by atoms with Crippen LogP contribution in [0.15, 0.2) is 68.1 Å². The monoisotopic (exact) mass is 376 g/mol. The van der Waals surface area contributed by atoms with E-state index in [1.165, 1.54) is 24.3 Å². The molecule has 0 amide bonds. The molecule has 0 aromatic heterocycles. The van der Waals surface area contributed by atoms with E-state index in [1.54, 1.807) is 0 Å². The van der Waals surface area contributed by atoms with Crippen LogP contribution in [0.4, 0.5) is 0 Å². The van der Waals surface area contributed by atoms with Crippen molar-refractivity contribution in [2.24, 2.45) is 10.3 Å². The zero-order valence-electron chi connectivity index (χ0n) is 11.4. The summed E-state index contributed by atoms with van der Waals surface area (Å²) < 4.78 is 70.3. The summed E-state index contributed by atoms with van der Waals surface area (Å²) in [4.78, 5) is -1.42. The lowest BCUT2D eigenvalue weighted by Crippen LogP contribution is -2.14. The molecular weight excluding hydrogens is 364 g/mol. The second-order valence-electron chi connectivity index (χ2n) is 4.54. The molecule has 2 aromatic rings. The SMILES string of the molecule is NS(=O)(=O)c1cccc(S(=O)(=O)c2cccc(S(N)(=O)=O)c2)c1. The number of benzene rings is 2. The average molecular weight is 376 g/mol. The summed E-state index contributed by atoms with van der Waals surface area (Å²) in [7, 11) is -12.3. The fourth-order valence-electron chi connectivity index (χ4n) is 1.77. The Balaban J connectivity index is 2.65. The largest absolute Gasteiger partial charge is 0.238 e. The molecule has 8 nitrogen and oxygen atoms in total. The van der Waals surface area contributed by atoms with Gasteiger partial charge < -0.3 is 0 Å². The Bertz CT molecular complexity index is 992. The number of hydrogen-bond acceptors (Lipinski definition) is 6. The van der Waals surface area contributed by atoms with E-state index in [9.17, 15) is 25.3 Å². The minimum Gasteiger partial charge on any atom is -0.225 e. The van der Waals surface area contributed by atoms with Crippen molar-refractivity contribution in [3.05, 3.63) is 48.5 Å². The second-order valence-corrected chi connectivity index (χ2v) is 9.62. The molecule has 0 aliphatic carbocycles. The molecule has 2 aromatic carbocycles. The van der Waals surface area contributed by atoms with Crippen LogP contribution >= 0.6 is 0 Å². The Morgan fingerprint density at radius 3 is 1.17 bits per heavy atom. The van der Waals surface area contributed by atoms with E-state index in [4.69, 9.17) is 10.3 Å². The molecule has 0 spiro atoms. The summed E-state index contributed by atoms with van der Waals surface area (Å²) in [5.74, 6) is 0. The second kappa shape index (κ2) is 5.69. The minimum absolute atomic E-state index is 0.337. The number of nitrogens with two attached hydrogens (primary N) is 2. The molecule has 0 unspecified atom stereocenters. The molecule has 0 heterocycles. The molecule has 0 radical (unpaired) electrons. The number of sulfonamides is 2. The van der Waals surface area contributed by atoms with Gasteiger partial charge in [0.05, 0.1) is 19.6 Å². The van der Waals surface area contributed by atoms with Crippen LogP contribution in [0.1, 0.15) is 0 Å². The minimum atomic E-state index is -4.14. The number of sulfone groups is 1. The van der Waals surface area contributed by atoms with Crippen molar-refractivity contribution in [2.75, 3.05) is 0 Å². The van der Waals surface area contributed by atoms with Gasteiger partial charge in [-0.2, -0.15) is 0 Å². The number of hydrogen-bond donors (Lipinski definition) is 2. The van der Waals surface area contributed by atoms with Crippen molar-refractivity contribution in [1.82, 2.24) is 0 Å². The Morgan fingerprint density at radius 2 is 0.870 bits per heavy atom. The third kappa shape index (κ3) is 3.76. The molecule has 0 atom stereocenters. The van der Waals surface area contributed by atoms with E-state index < -0.39 is 29.9 Å². The van der Waals surface area contributed by atoms with Crippen LogP contribution < -0.4 is 10.3 Å². The zero-order chi connectivity index (χ0) is 17.5. The van der Waals surface area contributed by atoms with Crippen LogP contribution in [0.2, 0.25) is 0 Å². The van der Waals surface area contributed by atoms with Gasteiger partial charge in [-0.05, 0) is 36.4 Å². The Morgan fingerprint density at radius 1 is 0.565 bits per heavy atom. The summed E-state index contributed by atoms with van der Waals surface area (Å²) in [6.45, 7) is 0. The van der Waals surface area contributed by atoms with Crippen LogP contribution in [0.25, 0.3) is 0 Å². The van der Waals surface area contributed by atoms with Gasteiger partial charge in [-0.3, -0.25) is 0 Å². The van der Waals surface area contributed by atoms with E-state index in [2.05, 4.69) is 0 Å². The lowest BCUT2D eigenvalue weighted by molar-refractivity contribution is 0.594. The summed E-state index contributed by atoms with van der Waals surface area (Å²) in [5.41, 5.74) is 0. The molecule has 124 valence electrons. The van der Waals surface area contributed by atoms with Gasteiger partial charge in [0.2, 0.25) is 29.9 Å². The molecule has 0 aliphatic rings. The molecule has 23 heavy (non-hydrogen) atoms. The molecule has 4 N–H and O–H groups in total. The molecule has 0 bridgehead atoms. The van der Waals surface area contributed by atoms with Gasteiger partial charge in [0.15, 0.2) is 0 Å². The fourth-order valence-corrected chi connectivity index (χ4v) is 4.39. The molecule has 11 heteroatoms. The van der Waals surface area contributed by atoms with Gasteiger partial charge in [0.25, 0.3) is 0 Å². The highest BCUT2D eigenvalue weighted by Gasteiger charge is 2.21. The Kier molecular flexibility index (Phi) is 4.34. The van der Waals surface area contributed by atoms with Crippen molar-refractivity contribution in [1.29, 1.82) is 0 Å². The first-order valence-electron chi connectivity index (χ1n) is 5.93. The van der Waals surface area contributed by atoms with Gasteiger partial charge in [-0.1, -0.05) is 12.1 Å². The maximum Gasteiger partial charge on any atom is 0.238 e. The van der Waals surface area contributed by atoms with Crippen LogP contribution in [0, 0.1) is 0 Å². The van der Waals surface area contributed by atoms with Crippen molar-refractivity contribution >= 4 is 29.9 Å². The van der Waals surface area contributed by atoms with Crippen molar-refractivity contribution in [3.8, 4) is 0 Å². The van der Waals surface area contributed by atoms with E-state index >= 15 is 0 Å². The predicted molar refractivity (Wildman–Crippen MR) is 81.1 cm³/mol. The first-order chi connectivity index (χ1) is 10.4. The highest BCUT2D eigenvalue weighted by Crippen LogP contribution is 2.24. The third-order valence-corrected chi connectivity index (χ3v) is 6.46. The molecule has 0 fully saturated rings. The third-order valence-electron chi connectivity index (χ3n) is 2.89. The molecular formula is C12H12N2O6S3. The Hall–Kier alpha value is -1.79. The molecule has 2 rings (SSSR count).